The number of halogens is 4. The second kappa shape index (κ2) is 6.38. The molecular formula is C8H13F4N3O2. The quantitative estimate of drug-likeness (QED) is 0.623. The minimum atomic E-state index is -4.22. The highest BCUT2D eigenvalue weighted by Gasteiger charge is 2.40. The molecule has 1 atom stereocenters. The molecule has 0 spiro atoms. The number of imide groups is 1. The number of hydrogen-bond acceptors (Lipinski definition) is 3. The van der Waals surface area contributed by atoms with Gasteiger partial charge >= 0.3 is 18.4 Å². The Bertz CT molecular complexity index is 286. The zero-order chi connectivity index (χ0) is 13.6. The Labute approximate surface area is 94.9 Å². The molecule has 0 aliphatic rings. The van der Waals surface area contributed by atoms with Gasteiger partial charge < -0.3 is 10.6 Å². The molecule has 0 aliphatic heterocycles. The van der Waals surface area contributed by atoms with Gasteiger partial charge in [-0.05, 0) is 6.92 Å². The van der Waals surface area contributed by atoms with Crippen LogP contribution in [0, 0.1) is 0 Å². The first-order valence-electron chi connectivity index (χ1n) is 4.62. The Balaban J connectivity index is 4.14. The molecule has 0 aromatic heterocycles. The number of carbonyl (C=O) groups is 2. The van der Waals surface area contributed by atoms with Gasteiger partial charge in [0.2, 0.25) is 5.91 Å². The summed E-state index contributed by atoms with van der Waals surface area (Å²) in [6.07, 6.45) is -3.82. The van der Waals surface area contributed by atoms with Crippen molar-refractivity contribution in [1.82, 2.24) is 16.0 Å². The lowest BCUT2D eigenvalue weighted by Crippen LogP contribution is -2.50. The van der Waals surface area contributed by atoms with E-state index in [-0.39, 0.29) is 0 Å². The Morgan fingerprint density at radius 2 is 1.82 bits per heavy atom. The smallest absolute Gasteiger partial charge is 0.321 e. The highest BCUT2D eigenvalue weighted by molar-refractivity contribution is 5.96. The molecule has 100 valence electrons. The highest BCUT2D eigenvalue weighted by Crippen LogP contribution is 2.21. The molecule has 0 heterocycles. The van der Waals surface area contributed by atoms with Crippen LogP contribution in [-0.4, -0.2) is 43.9 Å². The van der Waals surface area contributed by atoms with Gasteiger partial charge in [-0.25, -0.2) is 13.6 Å². The zero-order valence-electron chi connectivity index (χ0n) is 9.19. The van der Waals surface area contributed by atoms with Gasteiger partial charge in [0.05, 0.1) is 12.6 Å². The molecule has 1 unspecified atom stereocenters. The summed E-state index contributed by atoms with van der Waals surface area (Å²) in [5.41, 5.74) is 0. The molecule has 0 saturated carbocycles. The minimum absolute atomic E-state index is 0.815. The fraction of sp³-hybridized carbons (Fsp3) is 0.750. The zero-order valence-corrected chi connectivity index (χ0v) is 9.19. The molecule has 9 heteroatoms. The first-order valence-corrected chi connectivity index (χ1v) is 4.62. The number of rotatable bonds is 5. The number of amides is 3. The second-order valence-corrected chi connectivity index (χ2v) is 3.23. The lowest BCUT2D eigenvalue weighted by molar-refractivity contribution is -0.131. The number of urea groups is 1. The third-order valence-electron chi connectivity index (χ3n) is 1.82. The fourth-order valence-electron chi connectivity index (χ4n) is 0.742. The van der Waals surface area contributed by atoms with E-state index in [2.05, 4.69) is 5.32 Å². The standard InChI is InChI=1S/C8H13F4N3O2/c1-4(5(16)15-7(17)13-2)14-3-8(11,12)6(9)10/h4,6,14H,3H2,1-2H3,(H2,13,15,16,17). The number of alkyl halides is 4. The summed E-state index contributed by atoms with van der Waals surface area (Å²) in [6.45, 7) is -0.188. The monoisotopic (exact) mass is 259 g/mol. The number of carbonyl (C=O) groups excluding carboxylic acids is 2. The topological polar surface area (TPSA) is 70.2 Å². The van der Waals surface area contributed by atoms with Crippen LogP contribution in [0.25, 0.3) is 0 Å². The summed E-state index contributed by atoms with van der Waals surface area (Å²) in [4.78, 5) is 21.8. The first-order chi connectivity index (χ1) is 7.70. The van der Waals surface area contributed by atoms with Crippen molar-refractivity contribution < 1.29 is 27.2 Å². The van der Waals surface area contributed by atoms with Crippen molar-refractivity contribution in [3.8, 4) is 0 Å². The van der Waals surface area contributed by atoms with Crippen LogP contribution in [0.2, 0.25) is 0 Å². The molecule has 0 fully saturated rings. The molecule has 0 saturated heterocycles. The van der Waals surface area contributed by atoms with Crippen molar-refractivity contribution in [3.05, 3.63) is 0 Å². The van der Waals surface area contributed by atoms with Gasteiger partial charge in [0, 0.05) is 7.05 Å². The van der Waals surface area contributed by atoms with E-state index >= 15 is 0 Å². The maximum atomic E-state index is 12.5. The van der Waals surface area contributed by atoms with Gasteiger partial charge in [0.25, 0.3) is 0 Å². The molecule has 0 aromatic carbocycles. The van der Waals surface area contributed by atoms with E-state index in [0.29, 0.717) is 0 Å². The summed E-state index contributed by atoms with van der Waals surface area (Å²) in [5, 5.41) is 5.80. The predicted octanol–water partition coefficient (Wildman–Crippen LogP) is 0.320. The van der Waals surface area contributed by atoms with Crippen molar-refractivity contribution in [2.45, 2.75) is 25.3 Å². The number of nitrogens with one attached hydrogen (secondary N) is 3. The van der Waals surface area contributed by atoms with Gasteiger partial charge in [-0.3, -0.25) is 10.1 Å². The van der Waals surface area contributed by atoms with Crippen LogP contribution >= 0.6 is 0 Å². The van der Waals surface area contributed by atoms with Crippen LogP contribution in [-0.2, 0) is 4.79 Å². The van der Waals surface area contributed by atoms with Crippen LogP contribution in [0.5, 0.6) is 0 Å². The normalized spacial score (nSPS) is 13.4. The molecule has 5 nitrogen and oxygen atoms in total. The lowest BCUT2D eigenvalue weighted by Gasteiger charge is -2.19. The molecule has 0 aromatic rings. The van der Waals surface area contributed by atoms with E-state index < -0.39 is 36.9 Å². The van der Waals surface area contributed by atoms with Crippen LogP contribution in [0.15, 0.2) is 0 Å². The van der Waals surface area contributed by atoms with E-state index in [4.69, 9.17) is 0 Å². The van der Waals surface area contributed by atoms with Crippen molar-refractivity contribution >= 4 is 11.9 Å². The SMILES string of the molecule is CNC(=O)NC(=O)C(C)NCC(F)(F)C(F)F. The van der Waals surface area contributed by atoms with Gasteiger partial charge in [-0.2, -0.15) is 8.78 Å². The van der Waals surface area contributed by atoms with Gasteiger partial charge in [0.15, 0.2) is 0 Å². The molecule has 0 rings (SSSR count). The van der Waals surface area contributed by atoms with E-state index in [0.717, 1.165) is 0 Å². The van der Waals surface area contributed by atoms with Crippen LogP contribution in [0.1, 0.15) is 6.92 Å². The van der Waals surface area contributed by atoms with E-state index in [1.165, 1.54) is 14.0 Å². The minimum Gasteiger partial charge on any atom is -0.341 e. The van der Waals surface area contributed by atoms with Crippen LogP contribution in [0.3, 0.4) is 0 Å². The van der Waals surface area contributed by atoms with Crippen molar-refractivity contribution in [2.24, 2.45) is 0 Å². The molecule has 3 N–H and O–H groups in total. The number of hydrogen-bond donors (Lipinski definition) is 3. The maximum absolute atomic E-state index is 12.5. The molecule has 0 aliphatic carbocycles. The van der Waals surface area contributed by atoms with E-state index in [9.17, 15) is 27.2 Å². The van der Waals surface area contributed by atoms with Crippen molar-refractivity contribution in [3.63, 3.8) is 0 Å². The van der Waals surface area contributed by atoms with Crippen molar-refractivity contribution in [2.75, 3.05) is 13.6 Å². The van der Waals surface area contributed by atoms with E-state index in [1.807, 2.05) is 10.6 Å². The molecular weight excluding hydrogens is 246 g/mol. The predicted molar refractivity (Wildman–Crippen MR) is 51.0 cm³/mol. The third-order valence-corrected chi connectivity index (χ3v) is 1.82. The van der Waals surface area contributed by atoms with Crippen LogP contribution < -0.4 is 16.0 Å². The maximum Gasteiger partial charge on any atom is 0.321 e. The highest BCUT2D eigenvalue weighted by atomic mass is 19.3. The Kier molecular flexibility index (Phi) is 5.86. The van der Waals surface area contributed by atoms with Crippen molar-refractivity contribution in [1.29, 1.82) is 0 Å². The Morgan fingerprint density at radius 1 is 1.29 bits per heavy atom. The summed E-state index contributed by atoms with van der Waals surface area (Å²) < 4.78 is 48.5. The third kappa shape index (κ3) is 5.48. The Morgan fingerprint density at radius 3 is 2.24 bits per heavy atom. The summed E-state index contributed by atoms with van der Waals surface area (Å²) in [6, 6.07) is -2.01. The average Bonchev–Trinajstić information content (AvgIpc) is 2.25. The summed E-state index contributed by atoms with van der Waals surface area (Å²) in [7, 11) is 1.26. The van der Waals surface area contributed by atoms with Gasteiger partial charge in [-0.15, -0.1) is 0 Å². The first kappa shape index (κ1) is 15.6. The largest absolute Gasteiger partial charge is 0.341 e. The lowest BCUT2D eigenvalue weighted by atomic mass is 10.2. The Hall–Kier alpha value is -1.38. The molecule has 17 heavy (non-hydrogen) atoms. The van der Waals surface area contributed by atoms with Gasteiger partial charge in [0.1, 0.15) is 0 Å². The molecule has 0 bridgehead atoms. The fourth-order valence-corrected chi connectivity index (χ4v) is 0.742. The summed E-state index contributed by atoms with van der Waals surface area (Å²) in [5.74, 6) is -5.11. The molecule has 0 radical (unpaired) electrons. The average molecular weight is 259 g/mol. The van der Waals surface area contributed by atoms with Crippen LogP contribution in [0.4, 0.5) is 22.4 Å². The van der Waals surface area contributed by atoms with Gasteiger partial charge in [-0.1, -0.05) is 0 Å². The molecule has 3 amide bonds. The second-order valence-electron chi connectivity index (χ2n) is 3.23. The van der Waals surface area contributed by atoms with E-state index in [1.54, 1.807) is 0 Å². The summed E-state index contributed by atoms with van der Waals surface area (Å²) >= 11 is 0.